The number of amides is 1. The van der Waals surface area contributed by atoms with E-state index >= 15 is 0 Å². The van der Waals surface area contributed by atoms with E-state index in [1.807, 2.05) is 0 Å². The van der Waals surface area contributed by atoms with Crippen LogP contribution in [0.4, 0.5) is 36.6 Å². The Kier molecular flexibility index (Phi) is 6.32. The van der Waals surface area contributed by atoms with Crippen LogP contribution >= 0.6 is 0 Å². The molecule has 0 aliphatic heterocycles. The summed E-state index contributed by atoms with van der Waals surface area (Å²) in [6.07, 6.45) is -8.26. The maximum Gasteiger partial charge on any atom is 0.408 e. The molecule has 1 aromatic heterocycles. The van der Waals surface area contributed by atoms with Crippen molar-refractivity contribution in [3.05, 3.63) is 35.6 Å². The number of anilines is 1. The molecule has 2 aromatic rings. The highest BCUT2D eigenvalue weighted by molar-refractivity contribution is 5.92. The maximum absolute atomic E-state index is 13.3. The van der Waals surface area contributed by atoms with E-state index in [0.29, 0.717) is 28.7 Å². The molecule has 1 aromatic carbocycles. The highest BCUT2D eigenvalue weighted by Gasteiger charge is 2.48. The quantitative estimate of drug-likeness (QED) is 0.500. The number of hydrogen-bond donors (Lipinski definition) is 1. The summed E-state index contributed by atoms with van der Waals surface area (Å²) in [5.74, 6) is -2.10. The van der Waals surface area contributed by atoms with Gasteiger partial charge >= 0.3 is 12.4 Å². The van der Waals surface area contributed by atoms with Gasteiger partial charge in [0.1, 0.15) is 18.2 Å². The highest BCUT2D eigenvalue weighted by Crippen LogP contribution is 2.46. The lowest BCUT2D eigenvalue weighted by molar-refractivity contribution is -0.213. The van der Waals surface area contributed by atoms with Gasteiger partial charge in [-0.25, -0.2) is 9.07 Å². The topological polar surface area (TPSA) is 46.9 Å². The first-order chi connectivity index (χ1) is 14.7. The number of aromatic nitrogens is 2. The summed E-state index contributed by atoms with van der Waals surface area (Å²) in [4.78, 5) is 12.5. The van der Waals surface area contributed by atoms with E-state index in [1.165, 1.54) is 12.1 Å². The van der Waals surface area contributed by atoms with E-state index in [-0.39, 0.29) is 17.4 Å². The molecule has 32 heavy (non-hydrogen) atoms. The van der Waals surface area contributed by atoms with Crippen molar-refractivity contribution in [1.29, 1.82) is 0 Å². The Hall–Kier alpha value is -2.59. The van der Waals surface area contributed by atoms with E-state index in [2.05, 4.69) is 10.4 Å². The van der Waals surface area contributed by atoms with Gasteiger partial charge in [-0.15, -0.1) is 0 Å². The Morgan fingerprint density at radius 3 is 2.16 bits per heavy atom. The molecule has 1 amide bonds. The fourth-order valence-electron chi connectivity index (χ4n) is 3.47. The minimum absolute atomic E-state index is 0.143. The van der Waals surface area contributed by atoms with Crippen LogP contribution < -0.4 is 5.32 Å². The molecule has 0 radical (unpaired) electrons. The van der Waals surface area contributed by atoms with E-state index in [1.54, 1.807) is 0 Å². The van der Waals surface area contributed by atoms with Gasteiger partial charge < -0.3 is 5.32 Å². The van der Waals surface area contributed by atoms with Gasteiger partial charge in [-0.1, -0.05) is 20.3 Å². The van der Waals surface area contributed by atoms with Gasteiger partial charge in [-0.05, 0) is 43.0 Å². The molecule has 0 spiro atoms. The largest absolute Gasteiger partial charge is 0.408 e. The number of carbonyl (C=O) groups is 1. The molecule has 1 aliphatic carbocycles. The van der Waals surface area contributed by atoms with Crippen LogP contribution in [-0.4, -0.2) is 28.0 Å². The van der Waals surface area contributed by atoms with Crippen molar-refractivity contribution in [2.24, 2.45) is 5.41 Å². The monoisotopic (exact) mass is 465 g/mol. The molecule has 1 N–H and O–H groups in total. The Balaban J connectivity index is 2.05. The molecular weight excluding hydrogens is 443 g/mol. The minimum atomic E-state index is -4.69. The average molecular weight is 465 g/mol. The van der Waals surface area contributed by atoms with Crippen LogP contribution in [-0.2, 0) is 11.3 Å². The molecule has 0 saturated heterocycles. The van der Waals surface area contributed by atoms with Crippen LogP contribution in [0.1, 0.15) is 51.0 Å². The summed E-state index contributed by atoms with van der Waals surface area (Å²) in [5, 5.41) is 6.30. The molecular formula is C21H22F7N3O. The lowest BCUT2D eigenvalue weighted by Crippen LogP contribution is -2.36. The predicted octanol–water partition coefficient (Wildman–Crippen LogP) is 6.44. The first kappa shape index (κ1) is 24.1. The van der Waals surface area contributed by atoms with Gasteiger partial charge in [0.25, 0.3) is 0 Å². The molecule has 0 bridgehead atoms. The summed E-state index contributed by atoms with van der Waals surface area (Å²) in [6.45, 7) is 0.152. The van der Waals surface area contributed by atoms with Gasteiger partial charge in [0.15, 0.2) is 0 Å². The first-order valence-corrected chi connectivity index (χ1v) is 9.98. The third-order valence-corrected chi connectivity index (χ3v) is 5.58. The zero-order valence-electron chi connectivity index (χ0n) is 17.4. The summed E-state index contributed by atoms with van der Waals surface area (Å²) in [7, 11) is 0. The molecule has 176 valence electrons. The van der Waals surface area contributed by atoms with E-state index in [0.717, 1.165) is 32.4 Å². The van der Waals surface area contributed by atoms with Gasteiger partial charge in [0.2, 0.25) is 5.91 Å². The molecule has 1 fully saturated rings. The smallest absolute Gasteiger partial charge is 0.311 e. The third kappa shape index (κ3) is 5.24. The fourth-order valence-corrected chi connectivity index (χ4v) is 3.47. The number of nitrogens with one attached hydrogen (secondary N) is 1. The van der Waals surface area contributed by atoms with Crippen LogP contribution in [0.25, 0.3) is 11.3 Å². The molecule has 1 aliphatic rings. The Bertz CT molecular complexity index is 971. The number of nitrogens with zero attached hydrogens (tertiary/aromatic N) is 2. The number of halogens is 7. The van der Waals surface area contributed by atoms with Crippen molar-refractivity contribution in [2.75, 3.05) is 5.32 Å². The van der Waals surface area contributed by atoms with Gasteiger partial charge in [0, 0.05) is 17.5 Å². The fraction of sp³-hybridized carbons (Fsp3) is 0.524. The molecule has 11 heteroatoms. The molecule has 0 atom stereocenters. The van der Waals surface area contributed by atoms with Crippen LogP contribution in [0.5, 0.6) is 0 Å². The van der Waals surface area contributed by atoms with Crippen LogP contribution in [0.2, 0.25) is 0 Å². The summed E-state index contributed by atoms with van der Waals surface area (Å²) < 4.78 is 93.1. The number of benzene rings is 1. The second kappa shape index (κ2) is 8.40. The van der Waals surface area contributed by atoms with Crippen molar-refractivity contribution < 1.29 is 35.5 Å². The van der Waals surface area contributed by atoms with Crippen molar-refractivity contribution in [1.82, 2.24) is 9.78 Å². The van der Waals surface area contributed by atoms with E-state index in [4.69, 9.17) is 0 Å². The van der Waals surface area contributed by atoms with E-state index in [9.17, 15) is 35.5 Å². The van der Waals surface area contributed by atoms with E-state index < -0.39 is 42.5 Å². The molecule has 0 unspecified atom stereocenters. The first-order valence-electron chi connectivity index (χ1n) is 9.98. The molecule has 1 saturated carbocycles. The van der Waals surface area contributed by atoms with Crippen LogP contribution in [0, 0.1) is 11.2 Å². The van der Waals surface area contributed by atoms with Crippen LogP contribution in [0.15, 0.2) is 24.3 Å². The Morgan fingerprint density at radius 2 is 1.69 bits per heavy atom. The second-order valence-electron chi connectivity index (χ2n) is 8.63. The van der Waals surface area contributed by atoms with Gasteiger partial charge in [-0.2, -0.15) is 31.4 Å². The highest BCUT2D eigenvalue weighted by atomic mass is 19.4. The summed E-state index contributed by atoms with van der Waals surface area (Å²) in [6, 6.07) is 4.98. The van der Waals surface area contributed by atoms with Crippen molar-refractivity contribution in [3.63, 3.8) is 0 Å². The molecule has 1 heterocycles. The number of rotatable bonds is 6. The summed E-state index contributed by atoms with van der Waals surface area (Å²) >= 11 is 0. The van der Waals surface area contributed by atoms with Gasteiger partial charge in [-0.3, -0.25) is 4.79 Å². The standard InChI is InChI=1S/C21H22F7N3O/c1-19(2,21(26,27)28)10-15(32)29-18-16(12-4-3-5-12)17(13-6-8-14(22)9-7-13)30-31(18)11-20(23,24)25/h6-9,12H,3-5,10-11H2,1-2H3,(H,29,32). The Labute approximate surface area is 179 Å². The lowest BCUT2D eigenvalue weighted by Gasteiger charge is -2.29. The maximum atomic E-state index is 13.3. The number of carbonyl (C=O) groups excluding carboxylic acids is 1. The second-order valence-corrected chi connectivity index (χ2v) is 8.63. The van der Waals surface area contributed by atoms with Crippen molar-refractivity contribution in [3.8, 4) is 11.3 Å². The van der Waals surface area contributed by atoms with Crippen LogP contribution in [0.3, 0.4) is 0 Å². The van der Waals surface area contributed by atoms with Crippen molar-refractivity contribution >= 4 is 11.7 Å². The normalized spacial score (nSPS) is 15.5. The number of hydrogen-bond acceptors (Lipinski definition) is 2. The zero-order valence-corrected chi connectivity index (χ0v) is 17.4. The van der Waals surface area contributed by atoms with Crippen molar-refractivity contribution in [2.45, 2.75) is 64.3 Å². The molecule has 4 nitrogen and oxygen atoms in total. The number of alkyl halides is 6. The summed E-state index contributed by atoms with van der Waals surface area (Å²) in [5.41, 5.74) is -1.56. The SMILES string of the molecule is CC(C)(CC(=O)Nc1c(C2CCC2)c(-c2ccc(F)cc2)nn1CC(F)(F)F)C(F)(F)F. The average Bonchev–Trinajstić information content (AvgIpc) is 2.89. The van der Waals surface area contributed by atoms with Gasteiger partial charge in [0.05, 0.1) is 11.1 Å². The molecule has 3 rings (SSSR count). The predicted molar refractivity (Wildman–Crippen MR) is 103 cm³/mol. The lowest BCUT2D eigenvalue weighted by atomic mass is 9.79. The Morgan fingerprint density at radius 1 is 1.09 bits per heavy atom. The third-order valence-electron chi connectivity index (χ3n) is 5.58. The zero-order chi connectivity index (χ0) is 23.9. The minimum Gasteiger partial charge on any atom is -0.311 e.